The SMILES string of the molecule is O=C(NCC1CCCC1)c1cc(-c2ccco2)[nH]n1. The number of carbonyl (C=O) groups excluding carboxylic acids is 1. The monoisotopic (exact) mass is 259 g/mol. The Bertz CT molecular complexity index is 539. The third kappa shape index (κ3) is 2.70. The highest BCUT2D eigenvalue weighted by molar-refractivity contribution is 5.93. The zero-order valence-electron chi connectivity index (χ0n) is 10.7. The van der Waals surface area contributed by atoms with E-state index in [9.17, 15) is 4.79 Å². The van der Waals surface area contributed by atoms with Crippen LogP contribution in [-0.2, 0) is 0 Å². The molecule has 1 fully saturated rings. The van der Waals surface area contributed by atoms with E-state index in [1.165, 1.54) is 25.7 Å². The first-order chi connectivity index (χ1) is 9.33. The molecule has 2 aromatic rings. The molecule has 0 spiro atoms. The van der Waals surface area contributed by atoms with Gasteiger partial charge in [-0.3, -0.25) is 9.89 Å². The number of hydrogen-bond donors (Lipinski definition) is 2. The minimum absolute atomic E-state index is 0.124. The summed E-state index contributed by atoms with van der Waals surface area (Å²) in [4.78, 5) is 12.0. The minimum atomic E-state index is -0.124. The standard InChI is InChI=1S/C14H17N3O2/c18-14(15-9-10-4-1-2-5-10)12-8-11(16-17-12)13-6-3-7-19-13/h3,6-8,10H,1-2,4-5,9H2,(H,15,18)(H,16,17). The van der Waals surface area contributed by atoms with Crippen LogP contribution in [0.2, 0.25) is 0 Å². The van der Waals surface area contributed by atoms with Crippen LogP contribution >= 0.6 is 0 Å². The Morgan fingerprint density at radius 2 is 2.32 bits per heavy atom. The lowest BCUT2D eigenvalue weighted by Crippen LogP contribution is -2.28. The maximum absolute atomic E-state index is 12.0. The molecule has 1 aliphatic carbocycles. The average Bonchev–Trinajstić information content (AvgIpc) is 3.14. The van der Waals surface area contributed by atoms with Gasteiger partial charge in [0.1, 0.15) is 5.69 Å². The third-order valence-electron chi connectivity index (χ3n) is 3.62. The predicted molar refractivity (Wildman–Crippen MR) is 70.6 cm³/mol. The van der Waals surface area contributed by atoms with Crippen LogP contribution in [0.5, 0.6) is 0 Å². The first-order valence-electron chi connectivity index (χ1n) is 6.70. The van der Waals surface area contributed by atoms with Gasteiger partial charge >= 0.3 is 0 Å². The molecule has 0 aliphatic heterocycles. The molecule has 0 saturated heterocycles. The fourth-order valence-corrected chi connectivity index (χ4v) is 2.54. The van der Waals surface area contributed by atoms with Crippen molar-refractivity contribution in [2.75, 3.05) is 6.54 Å². The third-order valence-corrected chi connectivity index (χ3v) is 3.62. The van der Waals surface area contributed by atoms with Crippen LogP contribution in [0.3, 0.4) is 0 Å². The Morgan fingerprint density at radius 1 is 1.47 bits per heavy atom. The lowest BCUT2D eigenvalue weighted by atomic mass is 10.1. The summed E-state index contributed by atoms with van der Waals surface area (Å²) < 4.78 is 5.25. The van der Waals surface area contributed by atoms with Gasteiger partial charge < -0.3 is 9.73 Å². The number of nitrogens with zero attached hydrogens (tertiary/aromatic N) is 1. The number of carbonyl (C=O) groups is 1. The summed E-state index contributed by atoms with van der Waals surface area (Å²) in [5.41, 5.74) is 1.13. The van der Waals surface area contributed by atoms with Gasteiger partial charge in [0.15, 0.2) is 11.5 Å². The van der Waals surface area contributed by atoms with Crippen molar-refractivity contribution in [2.45, 2.75) is 25.7 Å². The van der Waals surface area contributed by atoms with Gasteiger partial charge in [0.25, 0.3) is 5.91 Å². The molecule has 0 unspecified atom stereocenters. The van der Waals surface area contributed by atoms with Gasteiger partial charge in [0.2, 0.25) is 0 Å². The van der Waals surface area contributed by atoms with E-state index in [1.54, 1.807) is 18.4 Å². The largest absolute Gasteiger partial charge is 0.463 e. The van der Waals surface area contributed by atoms with E-state index in [0.717, 1.165) is 12.2 Å². The number of H-pyrrole nitrogens is 1. The van der Waals surface area contributed by atoms with Crippen LogP contribution in [0.15, 0.2) is 28.9 Å². The van der Waals surface area contributed by atoms with Crippen molar-refractivity contribution < 1.29 is 9.21 Å². The Labute approximate surface area is 111 Å². The van der Waals surface area contributed by atoms with Gasteiger partial charge in [-0.1, -0.05) is 12.8 Å². The van der Waals surface area contributed by atoms with Crippen LogP contribution < -0.4 is 5.32 Å². The first kappa shape index (κ1) is 12.0. The molecule has 5 nitrogen and oxygen atoms in total. The topological polar surface area (TPSA) is 70.9 Å². The highest BCUT2D eigenvalue weighted by atomic mass is 16.3. The summed E-state index contributed by atoms with van der Waals surface area (Å²) in [6.45, 7) is 0.752. The molecule has 2 heterocycles. The number of aromatic amines is 1. The summed E-state index contributed by atoms with van der Waals surface area (Å²) >= 11 is 0. The van der Waals surface area contributed by atoms with Crippen molar-refractivity contribution in [3.63, 3.8) is 0 Å². The zero-order valence-corrected chi connectivity index (χ0v) is 10.7. The maximum atomic E-state index is 12.0. The van der Waals surface area contributed by atoms with Crippen LogP contribution in [-0.4, -0.2) is 22.6 Å². The molecule has 2 N–H and O–H groups in total. The smallest absolute Gasteiger partial charge is 0.271 e. The molecule has 0 atom stereocenters. The number of aromatic nitrogens is 2. The molecule has 1 aliphatic rings. The molecule has 5 heteroatoms. The number of nitrogens with one attached hydrogen (secondary N) is 2. The van der Waals surface area contributed by atoms with Gasteiger partial charge in [-0.05, 0) is 30.9 Å². The van der Waals surface area contributed by atoms with Crippen molar-refractivity contribution in [2.24, 2.45) is 5.92 Å². The minimum Gasteiger partial charge on any atom is -0.463 e. The fraction of sp³-hybridized carbons (Fsp3) is 0.429. The van der Waals surface area contributed by atoms with Gasteiger partial charge in [-0.25, -0.2) is 0 Å². The van der Waals surface area contributed by atoms with Crippen LogP contribution in [0, 0.1) is 5.92 Å². The second kappa shape index (κ2) is 5.30. The van der Waals surface area contributed by atoms with E-state index in [2.05, 4.69) is 15.5 Å². The highest BCUT2D eigenvalue weighted by Crippen LogP contribution is 2.24. The molecule has 19 heavy (non-hydrogen) atoms. The van der Waals surface area contributed by atoms with Crippen molar-refractivity contribution >= 4 is 5.91 Å². The van der Waals surface area contributed by atoms with Crippen LogP contribution in [0.1, 0.15) is 36.2 Å². The molecule has 0 bridgehead atoms. The summed E-state index contributed by atoms with van der Waals surface area (Å²) in [7, 11) is 0. The molecular formula is C14H17N3O2. The Hall–Kier alpha value is -2.04. The van der Waals surface area contributed by atoms with Crippen molar-refractivity contribution in [3.8, 4) is 11.5 Å². The number of rotatable bonds is 4. The second-order valence-electron chi connectivity index (χ2n) is 5.00. The maximum Gasteiger partial charge on any atom is 0.271 e. The molecular weight excluding hydrogens is 242 g/mol. The van der Waals surface area contributed by atoms with Crippen LogP contribution in [0.25, 0.3) is 11.5 Å². The van der Waals surface area contributed by atoms with Gasteiger partial charge in [0, 0.05) is 12.6 Å². The van der Waals surface area contributed by atoms with Crippen molar-refractivity contribution in [1.82, 2.24) is 15.5 Å². The Morgan fingerprint density at radius 3 is 3.05 bits per heavy atom. The molecule has 1 amide bonds. The highest BCUT2D eigenvalue weighted by Gasteiger charge is 2.17. The fourth-order valence-electron chi connectivity index (χ4n) is 2.54. The number of hydrogen-bond acceptors (Lipinski definition) is 3. The molecule has 2 aromatic heterocycles. The van der Waals surface area contributed by atoms with Crippen LogP contribution in [0.4, 0.5) is 0 Å². The predicted octanol–water partition coefficient (Wildman–Crippen LogP) is 2.59. The van der Waals surface area contributed by atoms with Gasteiger partial charge in [0.05, 0.1) is 6.26 Å². The Kier molecular flexibility index (Phi) is 3.35. The number of furan rings is 1. The molecule has 100 valence electrons. The summed E-state index contributed by atoms with van der Waals surface area (Å²) in [6.07, 6.45) is 6.60. The molecule has 1 saturated carbocycles. The molecule has 0 aromatic carbocycles. The van der Waals surface area contributed by atoms with E-state index in [4.69, 9.17) is 4.42 Å². The lowest BCUT2D eigenvalue weighted by molar-refractivity contribution is 0.0942. The summed E-state index contributed by atoms with van der Waals surface area (Å²) in [5.74, 6) is 1.19. The molecule has 0 radical (unpaired) electrons. The summed E-state index contributed by atoms with van der Waals surface area (Å²) in [5, 5.41) is 9.78. The first-order valence-corrected chi connectivity index (χ1v) is 6.70. The van der Waals surface area contributed by atoms with E-state index in [1.807, 2.05) is 6.07 Å². The quantitative estimate of drug-likeness (QED) is 0.886. The number of amides is 1. The average molecular weight is 259 g/mol. The Balaban J connectivity index is 1.60. The van der Waals surface area contributed by atoms with E-state index in [-0.39, 0.29) is 5.91 Å². The van der Waals surface area contributed by atoms with E-state index in [0.29, 0.717) is 17.4 Å². The normalized spacial score (nSPS) is 15.8. The van der Waals surface area contributed by atoms with Gasteiger partial charge in [-0.2, -0.15) is 5.10 Å². The summed E-state index contributed by atoms with van der Waals surface area (Å²) in [6, 6.07) is 5.34. The second-order valence-corrected chi connectivity index (χ2v) is 5.00. The van der Waals surface area contributed by atoms with Gasteiger partial charge in [-0.15, -0.1) is 0 Å². The zero-order chi connectivity index (χ0) is 13.1. The molecule has 3 rings (SSSR count). The van der Waals surface area contributed by atoms with Crippen molar-refractivity contribution in [1.29, 1.82) is 0 Å². The van der Waals surface area contributed by atoms with Crippen molar-refractivity contribution in [3.05, 3.63) is 30.2 Å². The lowest BCUT2D eigenvalue weighted by Gasteiger charge is -2.08. The van der Waals surface area contributed by atoms with E-state index < -0.39 is 0 Å². The van der Waals surface area contributed by atoms with E-state index >= 15 is 0 Å².